The van der Waals surface area contributed by atoms with Gasteiger partial charge in [-0.05, 0) is 56.4 Å². The van der Waals surface area contributed by atoms with Crippen molar-refractivity contribution >= 4 is 45.7 Å². The lowest BCUT2D eigenvalue weighted by Crippen LogP contribution is -2.47. The van der Waals surface area contributed by atoms with Crippen molar-refractivity contribution in [1.29, 1.82) is 0 Å². The monoisotopic (exact) mass is 394 g/mol. The number of nitrogens with zero attached hydrogens (tertiary/aromatic N) is 1. The highest BCUT2D eigenvalue weighted by atomic mass is 127. The first-order valence-electron chi connectivity index (χ1n) is 6.07. The number of hydrogen-bond acceptors (Lipinski definition) is 3. The molecule has 2 amide bonds. The molecule has 4 nitrogen and oxygen atoms in total. The van der Waals surface area contributed by atoms with Crippen molar-refractivity contribution in [1.82, 2.24) is 10.2 Å². The molecular weight excluding hydrogens is 375 g/mol. The number of carbonyl (C=O) groups is 2. The number of halogens is 1. The Labute approximate surface area is 131 Å². The van der Waals surface area contributed by atoms with E-state index in [1.165, 1.54) is 11.3 Å². The van der Waals surface area contributed by atoms with Crippen molar-refractivity contribution in [3.63, 3.8) is 0 Å². The number of likely N-dealkylation sites (N-methyl/N-ethyl adjacent to an activating group) is 1. The summed E-state index contributed by atoms with van der Waals surface area (Å²) in [5, 5.41) is 4.69. The van der Waals surface area contributed by atoms with Gasteiger partial charge in [0, 0.05) is 17.5 Å². The molecule has 0 aliphatic carbocycles. The van der Waals surface area contributed by atoms with Crippen molar-refractivity contribution in [2.75, 3.05) is 13.1 Å². The van der Waals surface area contributed by atoms with Crippen LogP contribution in [0.2, 0.25) is 0 Å². The Balaban J connectivity index is 2.68. The third-order valence-electron chi connectivity index (χ3n) is 2.33. The minimum absolute atomic E-state index is 0.0919. The van der Waals surface area contributed by atoms with Crippen molar-refractivity contribution in [3.8, 4) is 0 Å². The van der Waals surface area contributed by atoms with Gasteiger partial charge in [0.2, 0.25) is 5.91 Å². The van der Waals surface area contributed by atoms with Crippen LogP contribution >= 0.6 is 33.9 Å². The Bertz CT molecular complexity index is 465. The van der Waals surface area contributed by atoms with Gasteiger partial charge in [0.05, 0.1) is 15.0 Å². The molecule has 0 aliphatic heterocycles. The summed E-state index contributed by atoms with van der Waals surface area (Å²) >= 11 is 3.71. The summed E-state index contributed by atoms with van der Waals surface area (Å²) < 4.78 is 1.07. The maximum atomic E-state index is 12.2. The van der Waals surface area contributed by atoms with Gasteiger partial charge in [0.1, 0.15) is 0 Å². The van der Waals surface area contributed by atoms with Crippen LogP contribution in [0, 0.1) is 2.88 Å². The molecule has 0 unspecified atom stereocenters. The largest absolute Gasteiger partial charge is 0.350 e. The molecule has 1 heterocycles. The van der Waals surface area contributed by atoms with E-state index in [1.54, 1.807) is 4.90 Å². The van der Waals surface area contributed by atoms with Crippen molar-refractivity contribution < 1.29 is 9.59 Å². The van der Waals surface area contributed by atoms with Gasteiger partial charge in [-0.1, -0.05) is 0 Å². The van der Waals surface area contributed by atoms with Crippen LogP contribution in [-0.2, 0) is 4.79 Å². The highest BCUT2D eigenvalue weighted by Gasteiger charge is 2.20. The zero-order valence-corrected chi connectivity index (χ0v) is 14.6. The van der Waals surface area contributed by atoms with E-state index in [0.29, 0.717) is 12.1 Å². The van der Waals surface area contributed by atoms with Gasteiger partial charge in [-0.2, -0.15) is 0 Å². The molecule has 0 spiro atoms. The Kier molecular flexibility index (Phi) is 5.79. The Morgan fingerprint density at radius 3 is 2.47 bits per heavy atom. The second-order valence-electron chi connectivity index (χ2n) is 5.26. The minimum atomic E-state index is -0.280. The molecule has 1 aromatic heterocycles. The van der Waals surface area contributed by atoms with E-state index < -0.39 is 0 Å². The zero-order chi connectivity index (χ0) is 14.6. The first-order chi connectivity index (χ1) is 8.73. The summed E-state index contributed by atoms with van der Waals surface area (Å²) in [6.45, 7) is 8.25. The van der Waals surface area contributed by atoms with Crippen LogP contribution in [0.3, 0.4) is 0 Å². The maximum Gasteiger partial charge on any atom is 0.255 e. The number of thiophene rings is 1. The van der Waals surface area contributed by atoms with Gasteiger partial charge in [-0.15, -0.1) is 11.3 Å². The van der Waals surface area contributed by atoms with Crippen LogP contribution in [0.1, 0.15) is 38.1 Å². The van der Waals surface area contributed by atoms with Gasteiger partial charge in [0.15, 0.2) is 0 Å². The lowest BCUT2D eigenvalue weighted by atomic mass is 10.1. The van der Waals surface area contributed by atoms with E-state index in [0.717, 1.165) is 2.88 Å². The van der Waals surface area contributed by atoms with Gasteiger partial charge in [-0.25, -0.2) is 0 Å². The average molecular weight is 394 g/mol. The quantitative estimate of drug-likeness (QED) is 0.799. The summed E-state index contributed by atoms with van der Waals surface area (Å²) in [5.74, 6) is -0.224. The molecule has 106 valence electrons. The Morgan fingerprint density at radius 2 is 2.05 bits per heavy atom. The Morgan fingerprint density at radius 1 is 1.42 bits per heavy atom. The second kappa shape index (κ2) is 6.69. The standard InChI is InChI=1S/C13H19IN2O2S/c1-5-16(7-11(17)15-13(2,3)4)12(18)9-6-10(14)19-8-9/h6,8H,5,7H2,1-4H3,(H,15,17). The molecule has 1 aromatic rings. The molecule has 0 bridgehead atoms. The number of carbonyl (C=O) groups excluding carboxylic acids is 2. The molecule has 1 rings (SSSR count). The average Bonchev–Trinajstić information content (AvgIpc) is 2.69. The van der Waals surface area contributed by atoms with Crippen LogP contribution in [0.4, 0.5) is 0 Å². The fourth-order valence-electron chi connectivity index (χ4n) is 1.56. The fraction of sp³-hybridized carbons (Fsp3) is 0.538. The van der Waals surface area contributed by atoms with E-state index in [4.69, 9.17) is 0 Å². The topological polar surface area (TPSA) is 49.4 Å². The van der Waals surface area contributed by atoms with Crippen molar-refractivity contribution in [2.45, 2.75) is 33.2 Å². The normalized spacial score (nSPS) is 11.2. The number of hydrogen-bond donors (Lipinski definition) is 1. The molecule has 0 aliphatic rings. The molecule has 0 saturated heterocycles. The summed E-state index contributed by atoms with van der Waals surface area (Å²) in [6.07, 6.45) is 0. The number of amides is 2. The first kappa shape index (κ1) is 16.4. The maximum absolute atomic E-state index is 12.2. The molecule has 6 heteroatoms. The number of nitrogens with one attached hydrogen (secondary N) is 1. The van der Waals surface area contributed by atoms with Gasteiger partial charge >= 0.3 is 0 Å². The molecular formula is C13H19IN2O2S. The highest BCUT2D eigenvalue weighted by Crippen LogP contribution is 2.18. The van der Waals surface area contributed by atoms with Crippen LogP contribution in [0.15, 0.2) is 11.4 Å². The van der Waals surface area contributed by atoms with Crippen molar-refractivity contribution in [2.24, 2.45) is 0 Å². The van der Waals surface area contributed by atoms with Crippen LogP contribution in [0.5, 0.6) is 0 Å². The van der Waals surface area contributed by atoms with Gasteiger partial charge in [-0.3, -0.25) is 9.59 Å². The molecule has 0 aromatic carbocycles. The minimum Gasteiger partial charge on any atom is -0.350 e. The first-order valence-corrected chi connectivity index (χ1v) is 8.03. The third kappa shape index (κ3) is 5.48. The van der Waals surface area contributed by atoms with E-state index >= 15 is 0 Å². The molecule has 0 fully saturated rings. The second-order valence-corrected chi connectivity index (χ2v) is 8.06. The van der Waals surface area contributed by atoms with E-state index in [-0.39, 0.29) is 23.9 Å². The van der Waals surface area contributed by atoms with Gasteiger partial charge in [0.25, 0.3) is 5.91 Å². The number of rotatable bonds is 4. The van der Waals surface area contributed by atoms with E-state index in [9.17, 15) is 9.59 Å². The van der Waals surface area contributed by atoms with Crippen molar-refractivity contribution in [3.05, 3.63) is 19.9 Å². The SMILES string of the molecule is CCN(CC(=O)NC(C)(C)C)C(=O)c1csc(I)c1. The lowest BCUT2D eigenvalue weighted by molar-refractivity contribution is -0.123. The van der Waals surface area contributed by atoms with Gasteiger partial charge < -0.3 is 10.2 Å². The molecule has 0 radical (unpaired) electrons. The zero-order valence-electron chi connectivity index (χ0n) is 11.6. The highest BCUT2D eigenvalue weighted by molar-refractivity contribution is 14.1. The summed E-state index contributed by atoms with van der Waals surface area (Å²) in [5.41, 5.74) is 0.372. The fourth-order valence-corrected chi connectivity index (χ4v) is 2.88. The molecule has 1 N–H and O–H groups in total. The molecule has 0 saturated carbocycles. The predicted molar refractivity (Wildman–Crippen MR) is 86.5 cm³/mol. The van der Waals surface area contributed by atoms with E-state index in [2.05, 4.69) is 27.9 Å². The lowest BCUT2D eigenvalue weighted by Gasteiger charge is -2.24. The molecule has 19 heavy (non-hydrogen) atoms. The summed E-state index contributed by atoms with van der Waals surface area (Å²) in [4.78, 5) is 25.7. The van der Waals surface area contributed by atoms with E-state index in [1.807, 2.05) is 39.1 Å². The molecule has 0 atom stereocenters. The summed E-state index contributed by atoms with van der Waals surface area (Å²) in [7, 11) is 0. The smallest absolute Gasteiger partial charge is 0.255 e. The van der Waals surface area contributed by atoms with Crippen LogP contribution in [-0.4, -0.2) is 35.3 Å². The Hall–Kier alpha value is -0.630. The van der Waals surface area contributed by atoms with Crippen LogP contribution in [0.25, 0.3) is 0 Å². The summed E-state index contributed by atoms with van der Waals surface area (Å²) in [6, 6.07) is 1.85. The van der Waals surface area contributed by atoms with Crippen LogP contribution < -0.4 is 5.32 Å². The third-order valence-corrected chi connectivity index (χ3v) is 4.12. The predicted octanol–water partition coefficient (Wildman–Crippen LogP) is 2.73.